The zero-order valence-corrected chi connectivity index (χ0v) is 23.6. The lowest BCUT2D eigenvalue weighted by atomic mass is 9.47. The van der Waals surface area contributed by atoms with E-state index in [0.29, 0.717) is 20.9 Å². The lowest BCUT2D eigenvalue weighted by Gasteiger charge is -2.60. The van der Waals surface area contributed by atoms with Gasteiger partial charge in [0.1, 0.15) is 11.8 Å². The number of nitrogens with two attached hydrogens (primary N) is 1. The summed E-state index contributed by atoms with van der Waals surface area (Å²) in [6.45, 7) is -0.674. The zero-order valence-electron chi connectivity index (χ0n) is 19.7. The fourth-order valence-electron chi connectivity index (χ4n) is 7.20. The van der Waals surface area contributed by atoms with E-state index in [1.165, 1.54) is 12.1 Å². The summed E-state index contributed by atoms with van der Waals surface area (Å²) in [5, 5.41) is 2.86. The molecule has 4 bridgehead atoms. The van der Waals surface area contributed by atoms with E-state index in [4.69, 9.17) is 40.5 Å². The maximum absolute atomic E-state index is 13.4. The molecular weight excluding hydrogens is 587 g/mol. The Morgan fingerprint density at radius 2 is 1.59 bits per heavy atom. The number of nitrogens with zero attached hydrogens (tertiary/aromatic N) is 2. The third kappa shape index (κ3) is 5.17. The van der Waals surface area contributed by atoms with E-state index < -0.39 is 44.3 Å². The monoisotopic (exact) mass is 612 g/mol. The number of primary amides is 1. The second kappa shape index (κ2) is 9.41. The first-order chi connectivity index (χ1) is 17.2. The number of hydrogen-bond acceptors (Lipinski definition) is 6. The molecule has 0 radical (unpaired) electrons. The average molecular weight is 614 g/mol. The van der Waals surface area contributed by atoms with Crippen LogP contribution in [-0.4, -0.2) is 57.3 Å². The van der Waals surface area contributed by atoms with Crippen molar-refractivity contribution < 1.29 is 26.4 Å². The first kappa shape index (κ1) is 27.3. The number of anilines is 1. The largest absolute Gasteiger partial charge is 0.370 e. The quantitative estimate of drug-likeness (QED) is 0.504. The van der Waals surface area contributed by atoms with Crippen LogP contribution in [0.2, 0.25) is 15.1 Å². The van der Waals surface area contributed by atoms with Gasteiger partial charge in [-0.2, -0.15) is 12.7 Å². The summed E-state index contributed by atoms with van der Waals surface area (Å²) in [6.07, 6.45) is 4.74. The molecule has 37 heavy (non-hydrogen) atoms. The van der Waals surface area contributed by atoms with Crippen LogP contribution < -0.4 is 15.4 Å². The smallest absolute Gasteiger partial charge is 0.306 e. The van der Waals surface area contributed by atoms with Gasteiger partial charge in [0.25, 0.3) is 0 Å². The predicted molar refractivity (Wildman–Crippen MR) is 140 cm³/mol. The van der Waals surface area contributed by atoms with Crippen molar-refractivity contribution in [2.75, 3.05) is 22.6 Å². The standard InChI is InChI=1S/C22H27Cl3N4O6S2/c23-15-3-16(24)21(17(25)4-15)29-11-36(32,33)10-28(37(29,34)35)9-19(31)27-20-13-1-12-2-14(20)7-22(5-12,6-13)8-18(26)30/h3-4,12-14,20H,1-2,5-11H2,(H2,26,30)(H,27,31). The molecule has 0 aromatic heterocycles. The molecule has 10 nitrogen and oxygen atoms in total. The first-order valence-electron chi connectivity index (χ1n) is 11.9. The summed E-state index contributed by atoms with van der Waals surface area (Å²) >= 11 is 18.3. The number of halogens is 3. The third-order valence-electron chi connectivity index (χ3n) is 8.09. The normalized spacial score (nSPS) is 33.9. The number of nitrogens with one attached hydrogen (secondary N) is 1. The lowest BCUT2D eigenvalue weighted by Crippen LogP contribution is -2.61. The molecule has 5 aliphatic rings. The molecule has 1 aromatic rings. The SMILES string of the molecule is NC(=O)CC12CC3CC(C1)C(NC(=O)CN1CS(=O)(=O)CN(c4c(Cl)cc(Cl)cc4Cl)S1(=O)=O)C(C3)C2. The van der Waals surface area contributed by atoms with Crippen molar-refractivity contribution in [3.63, 3.8) is 0 Å². The molecule has 1 saturated heterocycles. The van der Waals surface area contributed by atoms with E-state index in [1.807, 2.05) is 0 Å². The molecule has 2 amide bonds. The van der Waals surface area contributed by atoms with Crippen LogP contribution >= 0.6 is 34.8 Å². The molecule has 204 valence electrons. The van der Waals surface area contributed by atoms with Crippen molar-refractivity contribution >= 4 is 72.4 Å². The number of carbonyl (C=O) groups is 2. The molecule has 1 aliphatic heterocycles. The van der Waals surface area contributed by atoms with E-state index >= 15 is 0 Å². The number of rotatable bonds is 6. The molecule has 4 saturated carbocycles. The van der Waals surface area contributed by atoms with E-state index in [2.05, 4.69) is 5.32 Å². The second-order valence-corrected chi connectivity index (χ2v) is 16.0. The van der Waals surface area contributed by atoms with E-state index in [1.54, 1.807) is 0 Å². The number of sulfone groups is 1. The third-order valence-corrected chi connectivity index (χ3v) is 12.3. The van der Waals surface area contributed by atoms with Crippen molar-refractivity contribution in [1.29, 1.82) is 0 Å². The predicted octanol–water partition coefficient (Wildman–Crippen LogP) is 2.53. The molecule has 1 heterocycles. The summed E-state index contributed by atoms with van der Waals surface area (Å²) in [6, 6.07) is 2.36. The Kier molecular flexibility index (Phi) is 6.93. The van der Waals surface area contributed by atoms with Gasteiger partial charge >= 0.3 is 10.2 Å². The Bertz CT molecular complexity index is 1330. The molecule has 2 atom stereocenters. The minimum Gasteiger partial charge on any atom is -0.370 e. The Morgan fingerprint density at radius 1 is 1.00 bits per heavy atom. The van der Waals surface area contributed by atoms with Crippen molar-refractivity contribution in [2.45, 2.75) is 44.6 Å². The zero-order chi connectivity index (χ0) is 26.9. The van der Waals surface area contributed by atoms with Gasteiger partial charge in [-0.05, 0) is 67.4 Å². The van der Waals surface area contributed by atoms with Crippen molar-refractivity contribution in [3.8, 4) is 0 Å². The number of amides is 2. The van der Waals surface area contributed by atoms with Crippen LogP contribution in [0.15, 0.2) is 12.1 Å². The fourth-order valence-corrected chi connectivity index (χ4v) is 12.4. The summed E-state index contributed by atoms with van der Waals surface area (Å²) in [7, 11) is -8.42. The highest BCUT2D eigenvalue weighted by Crippen LogP contribution is 2.61. The molecule has 1 aromatic carbocycles. The van der Waals surface area contributed by atoms with Crippen LogP contribution in [0.1, 0.15) is 38.5 Å². The number of carbonyl (C=O) groups excluding carboxylic acids is 2. The Hall–Kier alpha value is -1.31. The molecule has 6 rings (SSSR count). The molecule has 0 spiro atoms. The van der Waals surface area contributed by atoms with Crippen LogP contribution in [-0.2, 0) is 29.6 Å². The molecule has 3 N–H and O–H groups in total. The van der Waals surface area contributed by atoms with Gasteiger partial charge in [-0.15, -0.1) is 0 Å². The summed E-state index contributed by atoms with van der Waals surface area (Å²) < 4.78 is 53.4. The van der Waals surface area contributed by atoms with Gasteiger partial charge in [0.2, 0.25) is 11.8 Å². The minimum absolute atomic E-state index is 0.120. The Balaban J connectivity index is 1.34. The van der Waals surface area contributed by atoms with Crippen molar-refractivity contribution in [2.24, 2.45) is 28.9 Å². The van der Waals surface area contributed by atoms with Gasteiger partial charge in [0.05, 0.1) is 22.3 Å². The highest BCUT2D eigenvalue weighted by molar-refractivity contribution is 7.97. The molecule has 4 aliphatic carbocycles. The number of benzene rings is 1. The first-order valence-corrected chi connectivity index (χ1v) is 16.2. The van der Waals surface area contributed by atoms with Crippen LogP contribution in [0, 0.1) is 23.2 Å². The van der Waals surface area contributed by atoms with Crippen LogP contribution in [0.4, 0.5) is 5.69 Å². The Morgan fingerprint density at radius 3 is 2.16 bits per heavy atom. The second-order valence-electron chi connectivity index (χ2n) is 10.9. The van der Waals surface area contributed by atoms with Gasteiger partial charge in [-0.3, -0.25) is 9.59 Å². The van der Waals surface area contributed by atoms with Crippen molar-refractivity contribution in [1.82, 2.24) is 9.62 Å². The van der Waals surface area contributed by atoms with Gasteiger partial charge in [0.15, 0.2) is 9.84 Å². The van der Waals surface area contributed by atoms with E-state index in [-0.39, 0.29) is 50.0 Å². The van der Waals surface area contributed by atoms with Crippen LogP contribution in [0.3, 0.4) is 0 Å². The lowest BCUT2D eigenvalue weighted by molar-refractivity contribution is -0.134. The molecular formula is C22H27Cl3N4O6S2. The molecule has 15 heteroatoms. The van der Waals surface area contributed by atoms with Gasteiger partial charge in [-0.25, -0.2) is 12.7 Å². The maximum Gasteiger partial charge on any atom is 0.306 e. The fraction of sp³-hybridized carbons (Fsp3) is 0.636. The summed E-state index contributed by atoms with van der Waals surface area (Å²) in [5.41, 5.74) is 5.17. The maximum atomic E-state index is 13.4. The van der Waals surface area contributed by atoms with Crippen LogP contribution in [0.25, 0.3) is 0 Å². The van der Waals surface area contributed by atoms with Gasteiger partial charge < -0.3 is 11.1 Å². The number of hydrogen-bond donors (Lipinski definition) is 2. The van der Waals surface area contributed by atoms with E-state index in [9.17, 15) is 26.4 Å². The highest BCUT2D eigenvalue weighted by Gasteiger charge is 2.56. The molecule has 5 fully saturated rings. The Labute approximate surface area is 230 Å². The molecule has 2 unspecified atom stereocenters. The minimum atomic E-state index is -4.46. The van der Waals surface area contributed by atoms with Crippen molar-refractivity contribution in [3.05, 3.63) is 27.2 Å². The van der Waals surface area contributed by atoms with Crippen LogP contribution in [0.5, 0.6) is 0 Å². The average Bonchev–Trinajstić information content (AvgIpc) is 2.72. The van der Waals surface area contributed by atoms with E-state index in [0.717, 1.165) is 32.1 Å². The van der Waals surface area contributed by atoms with Gasteiger partial charge in [0, 0.05) is 17.5 Å². The summed E-state index contributed by atoms with van der Waals surface area (Å²) in [5.74, 6) is -1.80. The highest BCUT2D eigenvalue weighted by atomic mass is 35.5. The summed E-state index contributed by atoms with van der Waals surface area (Å²) in [4.78, 5) is 24.8. The van der Waals surface area contributed by atoms with Gasteiger partial charge in [-0.1, -0.05) is 34.8 Å². The topological polar surface area (TPSA) is 147 Å².